The molecule has 34 heavy (non-hydrogen) atoms. The summed E-state index contributed by atoms with van der Waals surface area (Å²) < 4.78 is 13.2. The first-order valence-electron chi connectivity index (χ1n) is 11.9. The Morgan fingerprint density at radius 1 is 1.03 bits per heavy atom. The van der Waals surface area contributed by atoms with Gasteiger partial charge in [0.15, 0.2) is 0 Å². The van der Waals surface area contributed by atoms with Crippen molar-refractivity contribution in [1.29, 1.82) is 0 Å². The van der Waals surface area contributed by atoms with E-state index in [4.69, 9.17) is 14.6 Å². The Balaban J connectivity index is 1.30. The van der Waals surface area contributed by atoms with Crippen LogP contribution in [0.15, 0.2) is 82.4 Å². The summed E-state index contributed by atoms with van der Waals surface area (Å²) in [5.74, 6) is 1.85. The Bertz CT molecular complexity index is 1200. The smallest absolute Gasteiger partial charge is 0.200 e. The highest BCUT2D eigenvalue weighted by Crippen LogP contribution is 2.50. The first kappa shape index (κ1) is 21.7. The summed E-state index contributed by atoms with van der Waals surface area (Å²) in [6.07, 6.45) is 2.71. The normalized spacial score (nSPS) is 20.9. The highest BCUT2D eigenvalue weighted by atomic mass is 79.9. The molecule has 3 heterocycles. The van der Waals surface area contributed by atoms with E-state index in [-0.39, 0.29) is 6.04 Å². The quantitative estimate of drug-likeness (QED) is 0.425. The monoisotopic (exact) mass is 517 g/mol. The Hall–Kier alpha value is -2.83. The van der Waals surface area contributed by atoms with Gasteiger partial charge in [0.2, 0.25) is 5.72 Å². The van der Waals surface area contributed by atoms with Crippen LogP contribution in [0.5, 0.6) is 11.5 Å². The van der Waals surface area contributed by atoms with Gasteiger partial charge in [-0.05, 0) is 53.6 Å². The molecule has 3 aromatic rings. The Morgan fingerprint density at radius 2 is 1.79 bits per heavy atom. The number of hydrogen-bond donors (Lipinski definition) is 0. The molecule has 1 spiro atoms. The predicted octanol–water partition coefficient (Wildman–Crippen LogP) is 5.99. The van der Waals surface area contributed by atoms with Crippen molar-refractivity contribution in [1.82, 2.24) is 9.91 Å². The van der Waals surface area contributed by atoms with Crippen LogP contribution in [0.1, 0.15) is 42.0 Å². The van der Waals surface area contributed by atoms with E-state index in [1.165, 1.54) is 11.1 Å². The van der Waals surface area contributed by atoms with Crippen LogP contribution in [-0.2, 0) is 6.54 Å². The van der Waals surface area contributed by atoms with E-state index in [0.29, 0.717) is 0 Å². The number of methoxy groups -OCH3 is 1. The van der Waals surface area contributed by atoms with Gasteiger partial charge in [-0.3, -0.25) is 4.90 Å². The first-order valence-corrected chi connectivity index (χ1v) is 12.7. The van der Waals surface area contributed by atoms with Crippen LogP contribution in [0.2, 0.25) is 0 Å². The SMILES string of the molecule is COc1ccc(C2=NN3[C@@H](C2)c2cc(Br)ccc2OC32CCN(Cc3ccccc3)CC2)cc1. The zero-order valence-electron chi connectivity index (χ0n) is 19.3. The van der Waals surface area contributed by atoms with Gasteiger partial charge in [0.05, 0.1) is 18.9 Å². The van der Waals surface area contributed by atoms with Crippen LogP contribution >= 0.6 is 15.9 Å². The molecule has 0 N–H and O–H groups in total. The molecule has 0 aromatic heterocycles. The number of benzene rings is 3. The molecular weight excluding hydrogens is 490 g/mol. The van der Waals surface area contributed by atoms with Gasteiger partial charge in [-0.2, -0.15) is 5.10 Å². The van der Waals surface area contributed by atoms with E-state index in [9.17, 15) is 0 Å². The van der Waals surface area contributed by atoms with Crippen molar-refractivity contribution in [3.63, 3.8) is 0 Å². The van der Waals surface area contributed by atoms with Crippen LogP contribution in [0.3, 0.4) is 0 Å². The van der Waals surface area contributed by atoms with Crippen molar-refractivity contribution in [2.24, 2.45) is 5.10 Å². The number of rotatable bonds is 4. The van der Waals surface area contributed by atoms with Crippen LogP contribution < -0.4 is 9.47 Å². The molecule has 1 fully saturated rings. The second kappa shape index (κ2) is 8.75. The molecule has 0 amide bonds. The highest BCUT2D eigenvalue weighted by Gasteiger charge is 2.51. The van der Waals surface area contributed by atoms with Gasteiger partial charge < -0.3 is 9.47 Å². The summed E-state index contributed by atoms with van der Waals surface area (Å²) in [6.45, 7) is 2.94. The van der Waals surface area contributed by atoms with Crippen molar-refractivity contribution < 1.29 is 9.47 Å². The third-order valence-electron chi connectivity index (χ3n) is 7.27. The number of piperidine rings is 1. The maximum absolute atomic E-state index is 6.80. The molecule has 1 atom stereocenters. The molecule has 174 valence electrons. The van der Waals surface area contributed by atoms with Crippen molar-refractivity contribution in [3.05, 3.63) is 94.0 Å². The lowest BCUT2D eigenvalue weighted by molar-refractivity contribution is -0.150. The minimum Gasteiger partial charge on any atom is -0.497 e. The summed E-state index contributed by atoms with van der Waals surface area (Å²) in [6, 6.07) is 25.5. The number of likely N-dealkylation sites (tertiary alicyclic amines) is 1. The molecule has 3 aliphatic heterocycles. The van der Waals surface area contributed by atoms with Crippen molar-refractivity contribution in [2.75, 3.05) is 20.2 Å². The molecule has 0 bridgehead atoms. The fourth-order valence-electron chi connectivity index (χ4n) is 5.44. The first-order chi connectivity index (χ1) is 16.6. The number of ether oxygens (including phenoxy) is 2. The average molecular weight is 518 g/mol. The Morgan fingerprint density at radius 3 is 2.53 bits per heavy atom. The summed E-state index contributed by atoms with van der Waals surface area (Å²) in [4.78, 5) is 2.53. The van der Waals surface area contributed by atoms with E-state index in [1.54, 1.807) is 7.11 Å². The minimum atomic E-state index is -0.410. The van der Waals surface area contributed by atoms with Gasteiger partial charge >= 0.3 is 0 Å². The van der Waals surface area contributed by atoms with E-state index in [0.717, 1.165) is 66.1 Å². The van der Waals surface area contributed by atoms with Crippen LogP contribution in [0.4, 0.5) is 0 Å². The Kier molecular flexibility index (Phi) is 5.58. The number of hydrogen-bond acceptors (Lipinski definition) is 5. The van der Waals surface area contributed by atoms with E-state index in [1.807, 2.05) is 12.1 Å². The topological polar surface area (TPSA) is 37.3 Å². The molecule has 6 rings (SSSR count). The van der Waals surface area contributed by atoms with Gasteiger partial charge in [0, 0.05) is 48.9 Å². The molecule has 0 aliphatic carbocycles. The fraction of sp³-hybridized carbons (Fsp3) is 0.321. The lowest BCUT2D eigenvalue weighted by Gasteiger charge is -2.51. The lowest BCUT2D eigenvalue weighted by atomic mass is 9.90. The van der Waals surface area contributed by atoms with Gasteiger partial charge in [-0.15, -0.1) is 0 Å². The average Bonchev–Trinajstić information content (AvgIpc) is 3.34. The highest BCUT2D eigenvalue weighted by molar-refractivity contribution is 9.10. The number of fused-ring (bicyclic) bond motifs is 4. The standard InChI is InChI=1S/C28H28BrN3O2/c1-33-23-10-7-21(8-11-23)25-18-26-24-17-22(29)9-12-27(24)34-28(32(26)30-25)13-15-31(16-14-28)19-20-5-3-2-4-6-20/h2-12,17,26H,13-16,18-19H2,1H3/t26-/m0/s1. The van der Waals surface area contributed by atoms with Crippen molar-refractivity contribution in [2.45, 2.75) is 37.6 Å². The van der Waals surface area contributed by atoms with E-state index >= 15 is 0 Å². The summed E-state index contributed by atoms with van der Waals surface area (Å²) in [7, 11) is 1.70. The molecule has 0 unspecified atom stereocenters. The van der Waals surface area contributed by atoms with Gasteiger partial charge in [0.25, 0.3) is 0 Å². The zero-order chi connectivity index (χ0) is 23.1. The maximum Gasteiger partial charge on any atom is 0.200 e. The van der Waals surface area contributed by atoms with Crippen LogP contribution in [0.25, 0.3) is 0 Å². The van der Waals surface area contributed by atoms with E-state index in [2.05, 4.69) is 86.5 Å². The molecule has 0 saturated carbocycles. The van der Waals surface area contributed by atoms with Crippen LogP contribution in [-0.4, -0.2) is 41.5 Å². The second-order valence-electron chi connectivity index (χ2n) is 9.33. The lowest BCUT2D eigenvalue weighted by Crippen LogP contribution is -2.59. The number of hydrazone groups is 1. The summed E-state index contributed by atoms with van der Waals surface area (Å²) in [5, 5.41) is 7.48. The zero-order valence-corrected chi connectivity index (χ0v) is 20.9. The molecular formula is C28H28BrN3O2. The molecule has 3 aromatic carbocycles. The maximum atomic E-state index is 6.80. The largest absolute Gasteiger partial charge is 0.497 e. The van der Waals surface area contributed by atoms with Crippen LogP contribution in [0, 0.1) is 0 Å². The number of nitrogens with zero attached hydrogens (tertiary/aromatic N) is 3. The molecule has 1 saturated heterocycles. The van der Waals surface area contributed by atoms with Gasteiger partial charge in [0.1, 0.15) is 11.5 Å². The number of halogens is 1. The predicted molar refractivity (Wildman–Crippen MR) is 137 cm³/mol. The van der Waals surface area contributed by atoms with E-state index < -0.39 is 5.72 Å². The third kappa shape index (κ3) is 3.89. The molecule has 6 heteroatoms. The molecule has 0 radical (unpaired) electrons. The third-order valence-corrected chi connectivity index (χ3v) is 7.76. The Labute approximate surface area is 209 Å². The van der Waals surface area contributed by atoms with Gasteiger partial charge in [-0.1, -0.05) is 46.3 Å². The summed E-state index contributed by atoms with van der Waals surface area (Å²) >= 11 is 3.66. The fourth-order valence-corrected chi connectivity index (χ4v) is 5.82. The molecule has 3 aliphatic rings. The second-order valence-corrected chi connectivity index (χ2v) is 10.2. The van der Waals surface area contributed by atoms with Gasteiger partial charge in [-0.25, -0.2) is 5.01 Å². The van der Waals surface area contributed by atoms with Crippen molar-refractivity contribution >= 4 is 21.6 Å². The molecule has 5 nitrogen and oxygen atoms in total. The minimum absolute atomic E-state index is 0.180. The van der Waals surface area contributed by atoms with Crippen molar-refractivity contribution in [3.8, 4) is 11.5 Å². The summed E-state index contributed by atoms with van der Waals surface area (Å²) in [5.41, 5.74) is 4.40.